The first-order valence-electron chi connectivity index (χ1n) is 14.1. The summed E-state index contributed by atoms with van der Waals surface area (Å²) in [4.78, 5) is 38.5. The topological polar surface area (TPSA) is 168 Å². The van der Waals surface area contributed by atoms with E-state index >= 15 is 0 Å². The summed E-state index contributed by atoms with van der Waals surface area (Å²) in [5.41, 5.74) is 1.18. The first-order chi connectivity index (χ1) is 19.1. The molecule has 40 heavy (non-hydrogen) atoms. The average molecular weight is 565 g/mol. The zero-order valence-electron chi connectivity index (χ0n) is 23.4. The smallest absolute Gasteiger partial charge is 0.328 e. The Hall–Kier alpha value is -3.02. The van der Waals surface area contributed by atoms with Gasteiger partial charge in [0.1, 0.15) is 18.8 Å². The molecule has 0 bridgehead atoms. The SMILES string of the molecule is CC(CO[N+](=O)[O-])OC(=O)C(C)NC(=O)CCCC=CC[C@@H]1[C@@H](CC[C@@H](O)CCc2ccccc2)[C@H](O)C[C@@H]1O. The van der Waals surface area contributed by atoms with Gasteiger partial charge < -0.3 is 30.2 Å². The maximum Gasteiger partial charge on any atom is 0.328 e. The van der Waals surface area contributed by atoms with Crippen molar-refractivity contribution in [3.05, 3.63) is 58.2 Å². The predicted octanol–water partition coefficient (Wildman–Crippen LogP) is 2.88. The average Bonchev–Trinajstić information content (AvgIpc) is 3.18. The van der Waals surface area contributed by atoms with Crippen molar-refractivity contribution in [2.45, 2.75) is 102 Å². The third-order valence-corrected chi connectivity index (χ3v) is 7.28. The number of allylic oxidation sites excluding steroid dienone is 2. The molecule has 0 aromatic heterocycles. The van der Waals surface area contributed by atoms with Gasteiger partial charge in [0, 0.05) is 6.42 Å². The number of amides is 1. The van der Waals surface area contributed by atoms with E-state index in [1.807, 2.05) is 42.5 Å². The number of unbranched alkanes of at least 4 members (excludes halogenated alkanes) is 1. The molecule has 0 radical (unpaired) electrons. The summed E-state index contributed by atoms with van der Waals surface area (Å²) in [5, 5.41) is 43.2. The summed E-state index contributed by atoms with van der Waals surface area (Å²) < 4.78 is 5.01. The van der Waals surface area contributed by atoms with E-state index in [0.717, 1.165) is 6.42 Å². The Balaban J connectivity index is 1.65. The van der Waals surface area contributed by atoms with Crippen molar-refractivity contribution in [2.75, 3.05) is 6.61 Å². The fourth-order valence-corrected chi connectivity index (χ4v) is 5.04. The Kier molecular flexibility index (Phi) is 14.6. The van der Waals surface area contributed by atoms with Gasteiger partial charge in [0.25, 0.3) is 5.09 Å². The Bertz CT molecular complexity index is 943. The van der Waals surface area contributed by atoms with Crippen molar-refractivity contribution in [3.8, 4) is 0 Å². The molecule has 1 aromatic carbocycles. The molecule has 11 nitrogen and oxygen atoms in total. The van der Waals surface area contributed by atoms with Crippen LogP contribution in [-0.4, -0.2) is 69.3 Å². The van der Waals surface area contributed by atoms with Crippen LogP contribution in [0.3, 0.4) is 0 Å². The van der Waals surface area contributed by atoms with Crippen LogP contribution in [0.1, 0.15) is 70.8 Å². The monoisotopic (exact) mass is 564 g/mol. The van der Waals surface area contributed by atoms with Crippen molar-refractivity contribution >= 4 is 11.9 Å². The number of nitrogens with one attached hydrogen (secondary N) is 1. The molecular weight excluding hydrogens is 520 g/mol. The number of aliphatic hydroxyl groups is 3. The summed E-state index contributed by atoms with van der Waals surface area (Å²) in [6.07, 6.45) is 6.48. The summed E-state index contributed by atoms with van der Waals surface area (Å²) >= 11 is 0. The molecule has 224 valence electrons. The van der Waals surface area contributed by atoms with Crippen LogP contribution in [0.4, 0.5) is 0 Å². The first kappa shape index (κ1) is 33.2. The van der Waals surface area contributed by atoms with Gasteiger partial charge >= 0.3 is 5.97 Å². The Morgan fingerprint density at radius 3 is 2.52 bits per heavy atom. The molecule has 0 saturated heterocycles. The minimum Gasteiger partial charge on any atom is -0.459 e. The van der Waals surface area contributed by atoms with E-state index in [4.69, 9.17) is 4.74 Å². The molecule has 2 rings (SSSR count). The first-order valence-corrected chi connectivity index (χ1v) is 14.1. The van der Waals surface area contributed by atoms with Gasteiger partial charge in [0.15, 0.2) is 0 Å². The van der Waals surface area contributed by atoms with E-state index in [0.29, 0.717) is 44.9 Å². The molecule has 1 amide bonds. The maximum absolute atomic E-state index is 12.1. The molecule has 7 atom stereocenters. The highest BCUT2D eigenvalue weighted by Crippen LogP contribution is 2.38. The van der Waals surface area contributed by atoms with Crippen LogP contribution in [0.25, 0.3) is 0 Å². The van der Waals surface area contributed by atoms with E-state index in [9.17, 15) is 35.0 Å². The molecule has 1 aliphatic carbocycles. The van der Waals surface area contributed by atoms with Crippen LogP contribution in [0.15, 0.2) is 42.5 Å². The number of ether oxygens (including phenoxy) is 1. The van der Waals surface area contributed by atoms with Crippen LogP contribution in [-0.2, 0) is 25.6 Å². The highest BCUT2D eigenvalue weighted by atomic mass is 17.0. The molecular formula is C29H44N2O9. The van der Waals surface area contributed by atoms with Crippen molar-refractivity contribution in [2.24, 2.45) is 11.8 Å². The van der Waals surface area contributed by atoms with Crippen molar-refractivity contribution in [1.29, 1.82) is 0 Å². The van der Waals surface area contributed by atoms with Gasteiger partial charge in [-0.1, -0.05) is 42.5 Å². The summed E-state index contributed by atoms with van der Waals surface area (Å²) in [6, 6.07) is 9.11. The second-order valence-electron chi connectivity index (χ2n) is 10.6. The van der Waals surface area contributed by atoms with Gasteiger partial charge in [-0.25, -0.2) is 4.79 Å². The molecule has 0 aliphatic heterocycles. The van der Waals surface area contributed by atoms with Gasteiger partial charge in [-0.15, -0.1) is 10.1 Å². The van der Waals surface area contributed by atoms with Gasteiger partial charge in [0.2, 0.25) is 5.91 Å². The van der Waals surface area contributed by atoms with Crippen molar-refractivity contribution < 1.29 is 39.6 Å². The molecule has 1 aliphatic rings. The highest BCUT2D eigenvalue weighted by Gasteiger charge is 2.40. The molecule has 1 aromatic rings. The summed E-state index contributed by atoms with van der Waals surface area (Å²) in [7, 11) is 0. The molecule has 2 unspecified atom stereocenters. The highest BCUT2D eigenvalue weighted by molar-refractivity contribution is 5.84. The second kappa shape index (κ2) is 17.6. The lowest BCUT2D eigenvalue weighted by Gasteiger charge is -2.23. The zero-order chi connectivity index (χ0) is 29.5. The molecule has 11 heteroatoms. The van der Waals surface area contributed by atoms with Crippen LogP contribution in [0, 0.1) is 22.0 Å². The number of aliphatic hydroxyl groups excluding tert-OH is 3. The van der Waals surface area contributed by atoms with Crippen molar-refractivity contribution in [3.63, 3.8) is 0 Å². The third-order valence-electron chi connectivity index (χ3n) is 7.28. The van der Waals surface area contributed by atoms with E-state index in [1.165, 1.54) is 19.4 Å². The maximum atomic E-state index is 12.1. The fourth-order valence-electron chi connectivity index (χ4n) is 5.04. The Labute approximate surface area is 235 Å². The van der Waals surface area contributed by atoms with Gasteiger partial charge in [-0.2, -0.15) is 0 Å². The number of aryl methyl sites for hydroxylation is 1. The molecule has 0 heterocycles. The lowest BCUT2D eigenvalue weighted by Crippen LogP contribution is -2.41. The lowest BCUT2D eigenvalue weighted by molar-refractivity contribution is -0.759. The number of benzene rings is 1. The van der Waals surface area contributed by atoms with Crippen LogP contribution in [0.5, 0.6) is 0 Å². The number of esters is 1. The van der Waals surface area contributed by atoms with E-state index in [2.05, 4.69) is 10.2 Å². The number of carbonyl (C=O) groups excluding carboxylic acids is 2. The number of hydrogen-bond donors (Lipinski definition) is 4. The predicted molar refractivity (Wildman–Crippen MR) is 147 cm³/mol. The normalized spacial score (nSPS) is 22.9. The number of rotatable bonds is 18. The number of hydrogen-bond acceptors (Lipinski definition) is 9. The molecule has 4 N–H and O–H groups in total. The fraction of sp³-hybridized carbons (Fsp3) is 0.655. The lowest BCUT2D eigenvalue weighted by atomic mass is 9.85. The quantitative estimate of drug-likeness (QED) is 0.0689. The Morgan fingerprint density at radius 1 is 1.12 bits per heavy atom. The standard InChI is InChI=1S/C29H44N2O9/c1-20(19-39-31(37)38)40-29(36)21(2)30-28(35)13-9-4-3-8-12-24-25(27(34)18-26(24)33)17-16-23(32)15-14-22-10-6-5-7-11-22/h3,5-8,10-11,20-21,23-27,32-34H,4,9,12-19H2,1-2H3,(H,30,35)/t20?,21?,23-,24+,25+,26-,27+/m0/s1. The molecule has 1 saturated carbocycles. The molecule has 1 fully saturated rings. The zero-order valence-corrected chi connectivity index (χ0v) is 23.4. The van der Waals surface area contributed by atoms with Gasteiger partial charge in [-0.05, 0) is 82.6 Å². The summed E-state index contributed by atoms with van der Waals surface area (Å²) in [5.74, 6) is -1.18. The van der Waals surface area contributed by atoms with E-state index < -0.39 is 41.5 Å². The minimum absolute atomic E-state index is 0.0770. The van der Waals surface area contributed by atoms with Crippen LogP contribution < -0.4 is 5.32 Å². The minimum atomic E-state index is -0.970. The largest absolute Gasteiger partial charge is 0.459 e. The van der Waals surface area contributed by atoms with E-state index in [1.54, 1.807) is 0 Å². The van der Waals surface area contributed by atoms with Crippen LogP contribution in [0.2, 0.25) is 0 Å². The number of carbonyl (C=O) groups is 2. The van der Waals surface area contributed by atoms with Crippen molar-refractivity contribution in [1.82, 2.24) is 5.32 Å². The van der Waals surface area contributed by atoms with Crippen LogP contribution >= 0.6 is 0 Å². The Morgan fingerprint density at radius 2 is 1.82 bits per heavy atom. The third kappa shape index (κ3) is 12.4. The second-order valence-corrected chi connectivity index (χ2v) is 10.6. The van der Waals surface area contributed by atoms with Gasteiger partial charge in [-0.3, -0.25) is 4.79 Å². The number of nitrogens with zero attached hydrogens (tertiary/aromatic N) is 1. The molecule has 0 spiro atoms. The van der Waals surface area contributed by atoms with E-state index in [-0.39, 0.29) is 30.8 Å². The van der Waals surface area contributed by atoms with Gasteiger partial charge in [0.05, 0.1) is 18.3 Å². The summed E-state index contributed by atoms with van der Waals surface area (Å²) in [6.45, 7) is 2.54.